The topological polar surface area (TPSA) is 70.9 Å². The minimum Gasteiger partial charge on any atom is -0.493 e. The highest BCUT2D eigenvalue weighted by atomic mass is 79.9. The highest BCUT2D eigenvalue weighted by Crippen LogP contribution is 2.37. The summed E-state index contributed by atoms with van der Waals surface area (Å²) in [6.45, 7) is 4.10. The molecule has 0 radical (unpaired) electrons. The molecule has 1 aromatic heterocycles. The van der Waals surface area contributed by atoms with E-state index in [1.54, 1.807) is 20.3 Å². The van der Waals surface area contributed by atoms with Crippen molar-refractivity contribution in [1.82, 2.24) is 9.97 Å². The maximum absolute atomic E-state index is 9.63. The van der Waals surface area contributed by atoms with Crippen LogP contribution in [0.25, 0.3) is 22.7 Å². The van der Waals surface area contributed by atoms with Crippen LogP contribution in [0.5, 0.6) is 11.5 Å². The molecule has 3 aromatic rings. The van der Waals surface area contributed by atoms with Crippen LogP contribution in [-0.2, 0) is 0 Å². The van der Waals surface area contributed by atoms with Crippen LogP contribution in [0, 0.1) is 25.2 Å². The van der Waals surface area contributed by atoms with Gasteiger partial charge in [-0.05, 0) is 76.8 Å². The molecular weight excluding hydrogens is 394 g/mol. The summed E-state index contributed by atoms with van der Waals surface area (Å²) in [4.78, 5) is 7.80. The maximum atomic E-state index is 9.63. The van der Waals surface area contributed by atoms with Gasteiger partial charge in [-0.1, -0.05) is 0 Å². The number of allylic oxidation sites excluding steroid dienone is 1. The van der Waals surface area contributed by atoms with Gasteiger partial charge in [-0.2, -0.15) is 5.26 Å². The highest BCUT2D eigenvalue weighted by Gasteiger charge is 2.13. The lowest BCUT2D eigenvalue weighted by atomic mass is 10.1. The van der Waals surface area contributed by atoms with Crippen molar-refractivity contribution in [3.63, 3.8) is 0 Å². The first-order valence-corrected chi connectivity index (χ1v) is 8.76. The van der Waals surface area contributed by atoms with Crippen LogP contribution >= 0.6 is 15.9 Å². The quantitative estimate of drug-likeness (QED) is 0.611. The van der Waals surface area contributed by atoms with Gasteiger partial charge in [0.1, 0.15) is 11.9 Å². The van der Waals surface area contributed by atoms with Crippen molar-refractivity contribution in [1.29, 1.82) is 5.26 Å². The molecule has 0 amide bonds. The molecule has 132 valence electrons. The Labute approximate surface area is 160 Å². The Kier molecular flexibility index (Phi) is 5.01. The molecule has 0 unspecified atom stereocenters. The molecule has 1 N–H and O–H groups in total. The van der Waals surface area contributed by atoms with E-state index in [2.05, 4.69) is 38.9 Å². The molecule has 0 aliphatic rings. The average molecular weight is 412 g/mol. The van der Waals surface area contributed by atoms with E-state index in [4.69, 9.17) is 9.47 Å². The summed E-state index contributed by atoms with van der Waals surface area (Å²) >= 11 is 3.47. The van der Waals surface area contributed by atoms with Gasteiger partial charge < -0.3 is 14.5 Å². The number of nitrogens with zero attached hydrogens (tertiary/aromatic N) is 2. The molecule has 6 heteroatoms. The molecule has 26 heavy (non-hydrogen) atoms. The zero-order valence-corrected chi connectivity index (χ0v) is 16.6. The smallest absolute Gasteiger partial charge is 0.174 e. The number of fused-ring (bicyclic) bond motifs is 1. The Hall–Kier alpha value is -2.78. The van der Waals surface area contributed by atoms with Crippen LogP contribution in [0.2, 0.25) is 0 Å². The number of aromatic nitrogens is 2. The number of H-pyrrole nitrogens is 1. The summed E-state index contributed by atoms with van der Waals surface area (Å²) in [5.41, 5.74) is 5.35. The molecule has 0 fully saturated rings. The molecule has 0 bridgehead atoms. The molecule has 3 rings (SSSR count). The van der Waals surface area contributed by atoms with Crippen molar-refractivity contribution in [3.8, 4) is 17.6 Å². The second kappa shape index (κ2) is 7.22. The van der Waals surface area contributed by atoms with Gasteiger partial charge in [0, 0.05) is 0 Å². The fourth-order valence-electron chi connectivity index (χ4n) is 2.74. The van der Waals surface area contributed by atoms with Gasteiger partial charge in [-0.3, -0.25) is 0 Å². The standard InChI is InChI=1S/C20H18BrN3O2/c1-11-5-16-17(6-12(11)2)24-20(23-16)14(10-22)7-13-8-15(21)19(26-4)18(9-13)25-3/h5-9H,1-4H3,(H,23,24). The molecule has 0 spiro atoms. The van der Waals surface area contributed by atoms with Crippen LogP contribution in [0.15, 0.2) is 28.7 Å². The van der Waals surface area contributed by atoms with E-state index in [1.807, 2.05) is 31.2 Å². The van der Waals surface area contributed by atoms with Crippen LogP contribution in [-0.4, -0.2) is 24.2 Å². The van der Waals surface area contributed by atoms with Gasteiger partial charge in [0.2, 0.25) is 0 Å². The summed E-state index contributed by atoms with van der Waals surface area (Å²) in [7, 11) is 3.16. The molecule has 5 nitrogen and oxygen atoms in total. The Balaban J connectivity index is 2.09. The number of imidazole rings is 1. The summed E-state index contributed by atoms with van der Waals surface area (Å²) in [5.74, 6) is 1.73. The number of ether oxygens (including phenoxy) is 2. The number of halogens is 1. The number of rotatable bonds is 4. The molecular formula is C20H18BrN3O2. The monoisotopic (exact) mass is 411 g/mol. The van der Waals surface area contributed by atoms with E-state index in [9.17, 15) is 5.26 Å². The van der Waals surface area contributed by atoms with Gasteiger partial charge in [0.25, 0.3) is 0 Å². The lowest BCUT2D eigenvalue weighted by Gasteiger charge is -2.10. The number of methoxy groups -OCH3 is 2. The highest BCUT2D eigenvalue weighted by molar-refractivity contribution is 9.10. The summed E-state index contributed by atoms with van der Waals surface area (Å²) in [5, 5.41) is 9.63. The third-order valence-corrected chi connectivity index (χ3v) is 4.83. The van der Waals surface area contributed by atoms with Crippen molar-refractivity contribution < 1.29 is 9.47 Å². The van der Waals surface area contributed by atoms with Gasteiger partial charge in [0.15, 0.2) is 11.5 Å². The van der Waals surface area contributed by atoms with E-state index in [0.717, 1.165) is 21.1 Å². The normalized spacial score (nSPS) is 11.5. The van der Waals surface area contributed by atoms with Crippen LogP contribution in [0.1, 0.15) is 22.5 Å². The van der Waals surface area contributed by atoms with Crippen LogP contribution in [0.4, 0.5) is 0 Å². The second-order valence-corrected chi connectivity index (χ2v) is 6.80. The lowest BCUT2D eigenvalue weighted by Crippen LogP contribution is -1.93. The van der Waals surface area contributed by atoms with E-state index in [1.165, 1.54) is 11.1 Å². The van der Waals surface area contributed by atoms with E-state index in [-0.39, 0.29) is 0 Å². The van der Waals surface area contributed by atoms with Crippen molar-refractivity contribution >= 4 is 38.6 Å². The fourth-order valence-corrected chi connectivity index (χ4v) is 3.36. The van der Waals surface area contributed by atoms with Crippen molar-refractivity contribution in [2.75, 3.05) is 14.2 Å². The van der Waals surface area contributed by atoms with Gasteiger partial charge >= 0.3 is 0 Å². The number of aryl methyl sites for hydroxylation is 2. The number of aromatic amines is 1. The summed E-state index contributed by atoms with van der Waals surface area (Å²) in [6.07, 6.45) is 1.77. The fraction of sp³-hybridized carbons (Fsp3) is 0.200. The van der Waals surface area contributed by atoms with Crippen LogP contribution < -0.4 is 9.47 Å². The zero-order valence-electron chi connectivity index (χ0n) is 15.0. The number of hydrogen-bond acceptors (Lipinski definition) is 4. The largest absolute Gasteiger partial charge is 0.493 e. The Morgan fingerprint density at radius 2 is 1.88 bits per heavy atom. The predicted molar refractivity (Wildman–Crippen MR) is 106 cm³/mol. The van der Waals surface area contributed by atoms with Crippen molar-refractivity contribution in [2.45, 2.75) is 13.8 Å². The van der Waals surface area contributed by atoms with E-state index < -0.39 is 0 Å². The number of hydrogen-bond donors (Lipinski definition) is 1. The summed E-state index contributed by atoms with van der Waals surface area (Å²) in [6, 6.07) is 9.98. The zero-order chi connectivity index (χ0) is 18.8. The Morgan fingerprint density at radius 1 is 1.15 bits per heavy atom. The van der Waals surface area contributed by atoms with Crippen LogP contribution in [0.3, 0.4) is 0 Å². The Morgan fingerprint density at radius 3 is 2.54 bits per heavy atom. The lowest BCUT2D eigenvalue weighted by molar-refractivity contribution is 0.353. The molecule has 0 saturated heterocycles. The molecule has 0 aliphatic carbocycles. The first-order valence-electron chi connectivity index (χ1n) is 7.97. The molecule has 0 aliphatic heterocycles. The van der Waals surface area contributed by atoms with E-state index >= 15 is 0 Å². The minimum atomic E-state index is 0.440. The summed E-state index contributed by atoms with van der Waals surface area (Å²) < 4.78 is 11.4. The number of nitriles is 1. The third-order valence-electron chi connectivity index (χ3n) is 4.24. The van der Waals surface area contributed by atoms with Gasteiger partial charge in [0.05, 0.1) is 35.3 Å². The Bertz CT molecular complexity index is 1020. The number of benzene rings is 2. The van der Waals surface area contributed by atoms with Gasteiger partial charge in [-0.25, -0.2) is 4.98 Å². The van der Waals surface area contributed by atoms with Crippen molar-refractivity contribution in [3.05, 3.63) is 51.3 Å². The molecule has 1 heterocycles. The first-order chi connectivity index (χ1) is 12.5. The predicted octanol–water partition coefficient (Wildman–Crippen LogP) is 5.02. The average Bonchev–Trinajstić information content (AvgIpc) is 3.01. The molecule has 0 atom stereocenters. The first kappa shape index (κ1) is 18.0. The third kappa shape index (κ3) is 3.31. The second-order valence-electron chi connectivity index (χ2n) is 5.95. The van der Waals surface area contributed by atoms with Crippen molar-refractivity contribution in [2.24, 2.45) is 0 Å². The maximum Gasteiger partial charge on any atom is 0.174 e. The SMILES string of the molecule is COc1cc(C=C(C#N)c2nc3cc(C)c(C)cc3[nH]2)cc(Br)c1OC. The minimum absolute atomic E-state index is 0.440. The van der Waals surface area contributed by atoms with Gasteiger partial charge in [-0.15, -0.1) is 0 Å². The number of nitrogens with one attached hydrogen (secondary N) is 1. The molecule has 0 saturated carbocycles. The van der Waals surface area contributed by atoms with E-state index in [0.29, 0.717) is 22.9 Å². The molecule has 2 aromatic carbocycles.